The largest absolute Gasteiger partial charge is 0.461 e. The molecule has 186 valence electrons. The lowest BCUT2D eigenvalue weighted by Crippen LogP contribution is -2.43. The summed E-state index contributed by atoms with van der Waals surface area (Å²) >= 11 is 7.87. The third-order valence-electron chi connectivity index (χ3n) is 7.23. The van der Waals surface area contributed by atoms with Crippen molar-refractivity contribution < 1.29 is 19.0 Å². The Balaban J connectivity index is 1.41. The van der Waals surface area contributed by atoms with E-state index in [0.717, 1.165) is 51.6 Å². The number of halogens is 2. The molecule has 0 radical (unpaired) electrons. The zero-order valence-electron chi connectivity index (χ0n) is 19.5. The van der Waals surface area contributed by atoms with Gasteiger partial charge in [0.15, 0.2) is 0 Å². The highest BCUT2D eigenvalue weighted by Crippen LogP contribution is 2.43. The molecule has 35 heavy (non-hydrogen) atoms. The summed E-state index contributed by atoms with van der Waals surface area (Å²) in [5.41, 5.74) is -0.435. The van der Waals surface area contributed by atoms with Gasteiger partial charge in [-0.25, -0.2) is 9.37 Å². The number of β-amino-alcohol motifs (C(OH)–C–C–N with tert-alkyl or cyclic N) is 1. The van der Waals surface area contributed by atoms with Gasteiger partial charge in [-0.1, -0.05) is 11.6 Å². The minimum atomic E-state index is -1.03. The Kier molecular flexibility index (Phi) is 5.84. The summed E-state index contributed by atoms with van der Waals surface area (Å²) in [6.45, 7) is 5.40. The zero-order chi connectivity index (χ0) is 24.2. The van der Waals surface area contributed by atoms with Gasteiger partial charge in [-0.05, 0) is 44.4 Å². The van der Waals surface area contributed by atoms with Gasteiger partial charge in [0, 0.05) is 24.7 Å². The number of nitrogens with zero attached hydrogens (tertiary/aromatic N) is 5. The van der Waals surface area contributed by atoms with Gasteiger partial charge in [0.2, 0.25) is 0 Å². The lowest BCUT2D eigenvalue weighted by Gasteiger charge is -2.31. The predicted molar refractivity (Wildman–Crippen MR) is 134 cm³/mol. The number of pyridine rings is 1. The molecule has 3 aliphatic heterocycles. The molecule has 0 aliphatic carbocycles. The molecule has 3 fully saturated rings. The fourth-order valence-corrected chi connectivity index (χ4v) is 6.97. The van der Waals surface area contributed by atoms with Crippen molar-refractivity contribution in [2.24, 2.45) is 0 Å². The lowest BCUT2D eigenvalue weighted by molar-refractivity contribution is -0.0123. The molecule has 6 rings (SSSR count). The van der Waals surface area contributed by atoms with Crippen LogP contribution < -0.4 is 9.64 Å². The average molecular weight is 520 g/mol. The Morgan fingerprint density at radius 3 is 3.11 bits per heavy atom. The van der Waals surface area contributed by atoms with Gasteiger partial charge in [-0.3, -0.25) is 4.90 Å². The van der Waals surface area contributed by atoms with Crippen molar-refractivity contribution in [3.05, 3.63) is 29.3 Å². The van der Waals surface area contributed by atoms with Crippen molar-refractivity contribution >= 4 is 49.1 Å². The van der Waals surface area contributed by atoms with Crippen LogP contribution in [0.2, 0.25) is 5.15 Å². The van der Waals surface area contributed by atoms with Crippen LogP contribution in [-0.2, 0) is 4.74 Å². The topological polar surface area (TPSA) is 83.8 Å². The van der Waals surface area contributed by atoms with Gasteiger partial charge >= 0.3 is 6.01 Å². The highest BCUT2D eigenvalue weighted by Gasteiger charge is 2.47. The number of ether oxygens (including phenoxy) is 2. The standard InChI is InChI=1S/C24H27ClFN5O3S/c1-23(32)12-30(7-8-33-13-23)20-17-16-3-5-27-19(25)18(16)35-21(17)29-22(28-20)34-14-24-4-2-6-31(24)11-15(9-24)10-26/h3,5,10,32H,2,4,6-9,11-14H2,1H3/b15-10-/t23-,24-/m0/s1. The molecule has 3 aliphatic rings. The number of aromatic nitrogens is 3. The maximum absolute atomic E-state index is 13.3. The molecule has 3 aromatic rings. The zero-order valence-corrected chi connectivity index (χ0v) is 21.0. The number of hydrogen-bond acceptors (Lipinski definition) is 9. The molecule has 3 saturated heterocycles. The summed E-state index contributed by atoms with van der Waals surface area (Å²) < 4.78 is 26.0. The van der Waals surface area contributed by atoms with Crippen molar-refractivity contribution in [3.63, 3.8) is 0 Å². The van der Waals surface area contributed by atoms with E-state index < -0.39 is 5.60 Å². The van der Waals surface area contributed by atoms with Crippen LogP contribution >= 0.6 is 22.9 Å². The van der Waals surface area contributed by atoms with E-state index in [-0.39, 0.29) is 18.2 Å². The van der Waals surface area contributed by atoms with Crippen molar-refractivity contribution in [1.82, 2.24) is 19.9 Å². The van der Waals surface area contributed by atoms with E-state index in [0.29, 0.717) is 50.2 Å². The van der Waals surface area contributed by atoms with Gasteiger partial charge in [0.05, 0.1) is 41.7 Å². The normalized spacial score (nSPS) is 28.8. The van der Waals surface area contributed by atoms with E-state index in [1.165, 1.54) is 11.3 Å². The van der Waals surface area contributed by atoms with Gasteiger partial charge in [0.25, 0.3) is 0 Å². The Labute approximate surface area is 211 Å². The molecule has 1 N–H and O–H groups in total. The lowest BCUT2D eigenvalue weighted by atomic mass is 9.94. The smallest absolute Gasteiger partial charge is 0.319 e. The number of anilines is 1. The molecule has 0 amide bonds. The van der Waals surface area contributed by atoms with Crippen molar-refractivity contribution in [1.29, 1.82) is 0 Å². The van der Waals surface area contributed by atoms with Gasteiger partial charge in [-0.2, -0.15) is 9.97 Å². The summed E-state index contributed by atoms with van der Waals surface area (Å²) in [7, 11) is 0. The maximum Gasteiger partial charge on any atom is 0.319 e. The maximum atomic E-state index is 13.3. The van der Waals surface area contributed by atoms with Crippen LogP contribution in [-0.4, -0.2) is 82.1 Å². The van der Waals surface area contributed by atoms with E-state index in [9.17, 15) is 9.50 Å². The Hall–Kier alpha value is -2.11. The molecular weight excluding hydrogens is 493 g/mol. The first kappa shape index (κ1) is 23.3. The number of hydrogen-bond donors (Lipinski definition) is 1. The molecule has 0 saturated carbocycles. The van der Waals surface area contributed by atoms with Crippen LogP contribution in [0.1, 0.15) is 26.2 Å². The molecule has 11 heteroatoms. The quantitative estimate of drug-likeness (QED) is 0.519. The first-order valence-electron chi connectivity index (χ1n) is 11.8. The Morgan fingerprint density at radius 1 is 1.37 bits per heavy atom. The molecular formula is C24H27ClFN5O3S. The van der Waals surface area contributed by atoms with Crippen LogP contribution in [0.4, 0.5) is 10.2 Å². The van der Waals surface area contributed by atoms with Crippen LogP contribution in [0, 0.1) is 0 Å². The second kappa shape index (κ2) is 8.77. The van der Waals surface area contributed by atoms with Crippen LogP contribution in [0.15, 0.2) is 24.2 Å². The fourth-order valence-electron chi connectivity index (χ4n) is 5.66. The van der Waals surface area contributed by atoms with E-state index in [4.69, 9.17) is 31.0 Å². The SMILES string of the molecule is C[C@@]1(O)COCCN(c2nc(OC[C@@]34CCCN3C/C(=C\F)C4)nc3sc4c(Cl)nccc4c23)C1. The predicted octanol–water partition coefficient (Wildman–Crippen LogP) is 3.95. The molecule has 0 bridgehead atoms. The number of rotatable bonds is 4. The highest BCUT2D eigenvalue weighted by molar-refractivity contribution is 7.26. The Bertz CT molecular complexity index is 1320. The van der Waals surface area contributed by atoms with Gasteiger partial charge in [0.1, 0.15) is 28.0 Å². The molecule has 0 spiro atoms. The summed E-state index contributed by atoms with van der Waals surface area (Å²) in [4.78, 5) is 18.9. The first-order valence-corrected chi connectivity index (χ1v) is 13.0. The summed E-state index contributed by atoms with van der Waals surface area (Å²) in [5.74, 6) is 0.681. The third-order valence-corrected chi connectivity index (χ3v) is 8.74. The fraction of sp³-hybridized carbons (Fsp3) is 0.542. The summed E-state index contributed by atoms with van der Waals surface area (Å²) in [6, 6.07) is 2.19. The van der Waals surface area contributed by atoms with E-state index in [2.05, 4.69) is 9.88 Å². The number of aliphatic hydroxyl groups is 1. The second-order valence-corrected chi connectivity index (χ2v) is 11.4. The van der Waals surface area contributed by atoms with Crippen LogP contribution in [0.5, 0.6) is 6.01 Å². The van der Waals surface area contributed by atoms with Crippen molar-refractivity contribution in [2.75, 3.05) is 50.9 Å². The minimum Gasteiger partial charge on any atom is -0.461 e. The van der Waals surface area contributed by atoms with E-state index in [1.54, 1.807) is 13.1 Å². The van der Waals surface area contributed by atoms with E-state index in [1.807, 2.05) is 11.0 Å². The van der Waals surface area contributed by atoms with E-state index >= 15 is 0 Å². The molecule has 0 unspecified atom stereocenters. The summed E-state index contributed by atoms with van der Waals surface area (Å²) in [6.07, 6.45) is 5.10. The van der Waals surface area contributed by atoms with Crippen LogP contribution in [0.25, 0.3) is 20.3 Å². The second-order valence-electron chi connectivity index (χ2n) is 10.0. The molecule has 8 nitrogen and oxygen atoms in total. The third kappa shape index (κ3) is 4.15. The van der Waals surface area contributed by atoms with Crippen molar-refractivity contribution in [2.45, 2.75) is 37.3 Å². The van der Waals surface area contributed by atoms with Gasteiger partial charge < -0.3 is 19.5 Å². The number of thiophene rings is 1. The minimum absolute atomic E-state index is 0.218. The summed E-state index contributed by atoms with van der Waals surface area (Å²) in [5, 5.41) is 13.0. The van der Waals surface area contributed by atoms with Gasteiger partial charge in [-0.15, -0.1) is 11.3 Å². The molecule has 3 aromatic heterocycles. The molecule has 6 heterocycles. The molecule has 2 atom stereocenters. The average Bonchev–Trinajstić information content (AvgIpc) is 3.46. The first-order chi connectivity index (χ1) is 16.9. The molecule has 0 aromatic carbocycles. The highest BCUT2D eigenvalue weighted by atomic mass is 35.5. The van der Waals surface area contributed by atoms with Crippen molar-refractivity contribution in [3.8, 4) is 6.01 Å². The monoisotopic (exact) mass is 519 g/mol. The Morgan fingerprint density at radius 2 is 2.26 bits per heavy atom. The van der Waals surface area contributed by atoms with Crippen LogP contribution in [0.3, 0.4) is 0 Å². The number of fused-ring (bicyclic) bond motifs is 4.